The molecule has 0 atom stereocenters. The van der Waals surface area contributed by atoms with Crippen molar-refractivity contribution in [1.82, 2.24) is 0 Å². The second kappa shape index (κ2) is 5.80. The third-order valence-electron chi connectivity index (χ3n) is 5.11. The van der Waals surface area contributed by atoms with Crippen LogP contribution < -0.4 is 10.4 Å². The first-order chi connectivity index (χ1) is 10.7. The second-order valence-corrected chi connectivity index (χ2v) is 7.73. The molecule has 1 amide bonds. The molecule has 2 fully saturated rings. The molecule has 2 heterocycles. The van der Waals surface area contributed by atoms with E-state index in [1.54, 1.807) is 0 Å². The van der Waals surface area contributed by atoms with Crippen LogP contribution in [0.25, 0.3) is 0 Å². The van der Waals surface area contributed by atoms with Crippen LogP contribution in [0.1, 0.15) is 47.0 Å². The van der Waals surface area contributed by atoms with Crippen LogP contribution in [0, 0.1) is 0 Å². The van der Waals surface area contributed by atoms with Gasteiger partial charge in [0.2, 0.25) is 5.91 Å². The van der Waals surface area contributed by atoms with Gasteiger partial charge in [-0.2, -0.15) is 0 Å². The normalized spacial score (nSPS) is 23.4. The standard InChI is InChI=1S/C17H23BClNO3/c1-16(2)17(3,4)23-18(22-16)13-11-12(19)8-9-14(13)20-10-6-5-7-15(20)21/h8-9,11H,5-7,10H2,1-4H3. The fourth-order valence-corrected chi connectivity index (χ4v) is 3.17. The number of rotatable bonds is 2. The first-order valence-electron chi connectivity index (χ1n) is 8.17. The Hall–Kier alpha value is -1.04. The molecule has 0 aromatic heterocycles. The number of nitrogens with zero attached hydrogens (tertiary/aromatic N) is 1. The highest BCUT2D eigenvalue weighted by molar-refractivity contribution is 6.64. The van der Waals surface area contributed by atoms with Gasteiger partial charge >= 0.3 is 7.12 Å². The molecule has 0 saturated carbocycles. The molecule has 2 aliphatic heterocycles. The number of amides is 1. The lowest BCUT2D eigenvalue weighted by Gasteiger charge is -2.32. The number of hydrogen-bond donors (Lipinski definition) is 0. The van der Waals surface area contributed by atoms with E-state index in [4.69, 9.17) is 20.9 Å². The maximum absolute atomic E-state index is 12.3. The average Bonchev–Trinajstić information content (AvgIpc) is 2.68. The topological polar surface area (TPSA) is 38.8 Å². The number of halogens is 1. The Labute approximate surface area is 143 Å². The average molecular weight is 336 g/mol. The molecule has 2 aliphatic rings. The minimum atomic E-state index is -0.525. The van der Waals surface area contributed by atoms with Gasteiger partial charge in [-0.1, -0.05) is 11.6 Å². The number of carbonyl (C=O) groups is 1. The summed E-state index contributed by atoms with van der Waals surface area (Å²) in [6.07, 6.45) is 2.55. The molecule has 6 heteroatoms. The van der Waals surface area contributed by atoms with E-state index in [1.807, 2.05) is 50.8 Å². The van der Waals surface area contributed by atoms with Crippen molar-refractivity contribution < 1.29 is 14.1 Å². The summed E-state index contributed by atoms with van der Waals surface area (Å²) in [5, 5.41) is 0.614. The SMILES string of the molecule is CC1(C)OB(c2cc(Cl)ccc2N2CCCCC2=O)OC1(C)C. The molecule has 2 saturated heterocycles. The van der Waals surface area contributed by atoms with E-state index in [2.05, 4.69) is 0 Å². The number of carbonyl (C=O) groups excluding carboxylic acids is 1. The van der Waals surface area contributed by atoms with E-state index in [0.717, 1.165) is 30.5 Å². The van der Waals surface area contributed by atoms with E-state index in [1.165, 1.54) is 0 Å². The molecule has 0 aliphatic carbocycles. The highest BCUT2D eigenvalue weighted by atomic mass is 35.5. The number of anilines is 1. The van der Waals surface area contributed by atoms with E-state index >= 15 is 0 Å². The Morgan fingerprint density at radius 1 is 1.13 bits per heavy atom. The van der Waals surface area contributed by atoms with Crippen molar-refractivity contribution in [2.24, 2.45) is 0 Å². The molecule has 4 nitrogen and oxygen atoms in total. The van der Waals surface area contributed by atoms with Gasteiger partial charge in [-0.25, -0.2) is 0 Å². The molecular weight excluding hydrogens is 312 g/mol. The molecule has 0 radical (unpaired) electrons. The minimum absolute atomic E-state index is 0.149. The van der Waals surface area contributed by atoms with Crippen LogP contribution in [0.3, 0.4) is 0 Å². The Balaban J connectivity index is 1.99. The molecular formula is C17H23BClNO3. The highest BCUT2D eigenvalue weighted by Crippen LogP contribution is 2.37. The smallest absolute Gasteiger partial charge is 0.399 e. The van der Waals surface area contributed by atoms with Crippen LogP contribution in [0.15, 0.2) is 18.2 Å². The van der Waals surface area contributed by atoms with Crippen molar-refractivity contribution in [3.63, 3.8) is 0 Å². The molecule has 124 valence electrons. The maximum atomic E-state index is 12.3. The molecule has 0 N–H and O–H groups in total. The van der Waals surface area contributed by atoms with E-state index in [-0.39, 0.29) is 5.91 Å². The fourth-order valence-electron chi connectivity index (χ4n) is 2.99. The van der Waals surface area contributed by atoms with Gasteiger partial charge in [-0.3, -0.25) is 4.79 Å². The van der Waals surface area contributed by atoms with Gasteiger partial charge in [0, 0.05) is 29.1 Å². The quantitative estimate of drug-likeness (QED) is 0.779. The highest BCUT2D eigenvalue weighted by Gasteiger charge is 2.52. The fraction of sp³-hybridized carbons (Fsp3) is 0.588. The lowest BCUT2D eigenvalue weighted by atomic mass is 9.77. The summed E-state index contributed by atoms with van der Waals surface area (Å²) in [7, 11) is -0.525. The third kappa shape index (κ3) is 3.02. The Morgan fingerprint density at radius 3 is 2.39 bits per heavy atom. The molecule has 0 spiro atoms. The molecule has 0 bridgehead atoms. The first-order valence-corrected chi connectivity index (χ1v) is 8.54. The van der Waals surface area contributed by atoms with Gasteiger partial charge in [-0.05, 0) is 58.7 Å². The molecule has 3 rings (SSSR count). The van der Waals surface area contributed by atoms with Gasteiger partial charge in [0.05, 0.1) is 11.2 Å². The summed E-state index contributed by atoms with van der Waals surface area (Å²) in [5.41, 5.74) is 0.816. The predicted molar refractivity (Wildman–Crippen MR) is 93.4 cm³/mol. The summed E-state index contributed by atoms with van der Waals surface area (Å²) in [6.45, 7) is 8.80. The molecule has 1 aromatic rings. The van der Waals surface area contributed by atoms with Crippen molar-refractivity contribution in [3.8, 4) is 0 Å². The van der Waals surface area contributed by atoms with Crippen LogP contribution in [0.2, 0.25) is 5.02 Å². The minimum Gasteiger partial charge on any atom is -0.399 e. The largest absolute Gasteiger partial charge is 0.497 e. The third-order valence-corrected chi connectivity index (χ3v) is 5.35. The summed E-state index contributed by atoms with van der Waals surface area (Å²) in [6, 6.07) is 5.56. The summed E-state index contributed by atoms with van der Waals surface area (Å²) in [5.74, 6) is 0.149. The van der Waals surface area contributed by atoms with Crippen LogP contribution in [0.4, 0.5) is 5.69 Å². The zero-order chi connectivity index (χ0) is 16.8. The Bertz CT molecular complexity index is 616. The number of hydrogen-bond acceptors (Lipinski definition) is 3. The van der Waals surface area contributed by atoms with Crippen LogP contribution >= 0.6 is 11.6 Å². The lowest BCUT2D eigenvalue weighted by molar-refractivity contribution is -0.119. The maximum Gasteiger partial charge on any atom is 0.497 e. The van der Waals surface area contributed by atoms with E-state index < -0.39 is 18.3 Å². The number of benzene rings is 1. The zero-order valence-corrected chi connectivity index (χ0v) is 14.9. The summed E-state index contributed by atoms with van der Waals surface area (Å²) < 4.78 is 12.3. The van der Waals surface area contributed by atoms with Crippen molar-refractivity contribution in [2.45, 2.75) is 58.2 Å². The van der Waals surface area contributed by atoms with Crippen LogP contribution in [0.5, 0.6) is 0 Å². The lowest BCUT2D eigenvalue weighted by Crippen LogP contribution is -2.43. The monoisotopic (exact) mass is 335 g/mol. The van der Waals surface area contributed by atoms with Crippen LogP contribution in [-0.4, -0.2) is 30.8 Å². The van der Waals surface area contributed by atoms with Gasteiger partial charge in [0.25, 0.3) is 0 Å². The van der Waals surface area contributed by atoms with Gasteiger partial charge in [-0.15, -0.1) is 0 Å². The van der Waals surface area contributed by atoms with E-state index in [9.17, 15) is 4.79 Å². The van der Waals surface area contributed by atoms with Crippen molar-refractivity contribution in [1.29, 1.82) is 0 Å². The zero-order valence-electron chi connectivity index (χ0n) is 14.2. The molecule has 1 aromatic carbocycles. The van der Waals surface area contributed by atoms with Crippen molar-refractivity contribution in [2.75, 3.05) is 11.4 Å². The Morgan fingerprint density at radius 2 is 1.78 bits per heavy atom. The summed E-state index contributed by atoms with van der Waals surface area (Å²) >= 11 is 6.20. The second-order valence-electron chi connectivity index (χ2n) is 7.29. The molecule has 0 unspecified atom stereocenters. The summed E-state index contributed by atoms with van der Waals surface area (Å²) in [4.78, 5) is 14.1. The number of piperidine rings is 1. The Kier molecular flexibility index (Phi) is 4.24. The van der Waals surface area contributed by atoms with Crippen LogP contribution in [-0.2, 0) is 14.1 Å². The van der Waals surface area contributed by atoms with Gasteiger partial charge < -0.3 is 14.2 Å². The van der Waals surface area contributed by atoms with Gasteiger partial charge in [0.1, 0.15) is 0 Å². The molecule has 23 heavy (non-hydrogen) atoms. The van der Waals surface area contributed by atoms with Crippen molar-refractivity contribution >= 4 is 35.8 Å². The van der Waals surface area contributed by atoms with Gasteiger partial charge in [0.15, 0.2) is 0 Å². The van der Waals surface area contributed by atoms with Crippen molar-refractivity contribution in [3.05, 3.63) is 23.2 Å². The first kappa shape index (κ1) is 16.8. The van der Waals surface area contributed by atoms with E-state index in [0.29, 0.717) is 11.4 Å². The predicted octanol–water partition coefficient (Wildman–Crippen LogP) is 3.16.